The van der Waals surface area contributed by atoms with Crippen LogP contribution in [0.3, 0.4) is 0 Å². The van der Waals surface area contributed by atoms with Crippen molar-refractivity contribution in [1.82, 2.24) is 0 Å². The predicted molar refractivity (Wildman–Crippen MR) is 68.0 cm³/mol. The molecule has 1 N–H and O–H groups in total. The highest BCUT2D eigenvalue weighted by Gasteiger charge is 2.34. The minimum absolute atomic E-state index is 0.318. The van der Waals surface area contributed by atoms with Crippen LogP contribution in [0.25, 0.3) is 0 Å². The summed E-state index contributed by atoms with van der Waals surface area (Å²) in [5.41, 5.74) is 0.701. The summed E-state index contributed by atoms with van der Waals surface area (Å²) in [6.07, 6.45) is 6.68. The minimum Gasteiger partial charge on any atom is -0.385 e. The van der Waals surface area contributed by atoms with E-state index in [1.165, 1.54) is 19.3 Å². The second-order valence-electron chi connectivity index (χ2n) is 5.23. The average molecular weight is 232 g/mol. The van der Waals surface area contributed by atoms with E-state index in [0.717, 1.165) is 24.7 Å². The lowest BCUT2D eigenvalue weighted by Crippen LogP contribution is -2.33. The standard InChI is InChI=1S/C15H20O2/c1-15(17,13-7-3-2-4-8-13)14-9-5-6-12(10-14)11-16/h5-6,9-11,13,17H,2-4,7-8H2,1H3. The topological polar surface area (TPSA) is 37.3 Å². The molecule has 1 aromatic rings. The van der Waals surface area contributed by atoms with E-state index in [2.05, 4.69) is 0 Å². The molecule has 1 fully saturated rings. The Bertz CT molecular complexity index is 390. The number of rotatable bonds is 3. The first-order chi connectivity index (χ1) is 8.14. The quantitative estimate of drug-likeness (QED) is 0.812. The maximum absolute atomic E-state index is 10.8. The smallest absolute Gasteiger partial charge is 0.150 e. The van der Waals surface area contributed by atoms with Crippen LogP contribution < -0.4 is 0 Å². The molecule has 1 atom stereocenters. The number of carbonyl (C=O) groups is 1. The number of aldehydes is 1. The van der Waals surface area contributed by atoms with Gasteiger partial charge in [0.2, 0.25) is 0 Å². The second kappa shape index (κ2) is 5.01. The van der Waals surface area contributed by atoms with Crippen molar-refractivity contribution < 1.29 is 9.90 Å². The van der Waals surface area contributed by atoms with E-state index in [-0.39, 0.29) is 0 Å². The molecule has 1 aliphatic rings. The van der Waals surface area contributed by atoms with E-state index in [9.17, 15) is 9.90 Å². The first kappa shape index (κ1) is 12.3. The van der Waals surface area contributed by atoms with Crippen LogP contribution in [-0.2, 0) is 5.60 Å². The largest absolute Gasteiger partial charge is 0.385 e. The van der Waals surface area contributed by atoms with E-state index >= 15 is 0 Å². The molecule has 0 heterocycles. The lowest BCUT2D eigenvalue weighted by molar-refractivity contribution is -0.0215. The molecule has 17 heavy (non-hydrogen) atoms. The van der Waals surface area contributed by atoms with E-state index < -0.39 is 5.60 Å². The Kier molecular flexibility index (Phi) is 3.63. The number of hydrogen-bond acceptors (Lipinski definition) is 2. The zero-order chi connectivity index (χ0) is 12.3. The van der Waals surface area contributed by atoms with Gasteiger partial charge in [0.25, 0.3) is 0 Å². The van der Waals surface area contributed by atoms with Gasteiger partial charge in [-0.3, -0.25) is 4.79 Å². The summed E-state index contributed by atoms with van der Waals surface area (Å²) in [5, 5.41) is 10.7. The Morgan fingerprint density at radius 2 is 2.00 bits per heavy atom. The van der Waals surface area contributed by atoms with Gasteiger partial charge in [0.1, 0.15) is 6.29 Å². The zero-order valence-corrected chi connectivity index (χ0v) is 10.4. The minimum atomic E-state index is -0.806. The third-order valence-corrected chi connectivity index (χ3v) is 4.01. The Morgan fingerprint density at radius 1 is 1.29 bits per heavy atom. The molecule has 1 aromatic carbocycles. The van der Waals surface area contributed by atoms with E-state index in [1.54, 1.807) is 6.07 Å². The molecule has 1 saturated carbocycles. The molecule has 0 saturated heterocycles. The normalized spacial score (nSPS) is 20.8. The summed E-state index contributed by atoms with van der Waals surface area (Å²) in [5.74, 6) is 0.318. The van der Waals surface area contributed by atoms with Crippen LogP contribution in [0.4, 0.5) is 0 Å². The van der Waals surface area contributed by atoms with Crippen LogP contribution in [0.2, 0.25) is 0 Å². The van der Waals surface area contributed by atoms with E-state index in [0.29, 0.717) is 11.5 Å². The van der Waals surface area contributed by atoms with Gasteiger partial charge >= 0.3 is 0 Å². The first-order valence-corrected chi connectivity index (χ1v) is 6.42. The van der Waals surface area contributed by atoms with Crippen molar-refractivity contribution in [3.05, 3.63) is 35.4 Å². The van der Waals surface area contributed by atoms with Gasteiger partial charge in [-0.2, -0.15) is 0 Å². The van der Waals surface area contributed by atoms with Crippen LogP contribution >= 0.6 is 0 Å². The molecular formula is C15H20O2. The number of hydrogen-bond donors (Lipinski definition) is 1. The highest BCUT2D eigenvalue weighted by atomic mass is 16.3. The van der Waals surface area contributed by atoms with Crippen molar-refractivity contribution in [1.29, 1.82) is 0 Å². The number of aliphatic hydroxyl groups is 1. The molecule has 0 bridgehead atoms. The lowest BCUT2D eigenvalue weighted by atomic mass is 9.74. The van der Waals surface area contributed by atoms with Gasteiger partial charge in [0.05, 0.1) is 5.60 Å². The van der Waals surface area contributed by atoms with Crippen molar-refractivity contribution in [2.24, 2.45) is 5.92 Å². The zero-order valence-electron chi connectivity index (χ0n) is 10.4. The maximum atomic E-state index is 10.8. The summed E-state index contributed by atoms with van der Waals surface area (Å²) in [6.45, 7) is 1.88. The molecule has 1 unspecified atom stereocenters. The lowest BCUT2D eigenvalue weighted by Gasteiger charge is -2.36. The molecule has 92 valence electrons. The van der Waals surface area contributed by atoms with Crippen molar-refractivity contribution in [3.8, 4) is 0 Å². The van der Waals surface area contributed by atoms with Gasteiger partial charge in [-0.15, -0.1) is 0 Å². The second-order valence-corrected chi connectivity index (χ2v) is 5.23. The van der Waals surface area contributed by atoms with Crippen molar-refractivity contribution >= 4 is 6.29 Å². The van der Waals surface area contributed by atoms with Gasteiger partial charge in [-0.05, 0) is 37.3 Å². The Labute approximate surface area is 103 Å². The first-order valence-electron chi connectivity index (χ1n) is 6.42. The summed E-state index contributed by atoms with van der Waals surface area (Å²) in [4.78, 5) is 10.8. The van der Waals surface area contributed by atoms with Crippen molar-refractivity contribution in [3.63, 3.8) is 0 Å². The molecule has 0 amide bonds. The highest BCUT2D eigenvalue weighted by Crippen LogP contribution is 2.39. The van der Waals surface area contributed by atoms with E-state index in [1.807, 2.05) is 25.1 Å². The molecule has 0 radical (unpaired) electrons. The van der Waals surface area contributed by atoms with Crippen LogP contribution in [0.1, 0.15) is 54.9 Å². The molecule has 1 aliphatic carbocycles. The van der Waals surface area contributed by atoms with Crippen LogP contribution in [0.5, 0.6) is 0 Å². The molecule has 2 rings (SSSR count). The summed E-state index contributed by atoms with van der Waals surface area (Å²) >= 11 is 0. The maximum Gasteiger partial charge on any atom is 0.150 e. The molecule has 0 spiro atoms. The van der Waals surface area contributed by atoms with Gasteiger partial charge in [-0.25, -0.2) is 0 Å². The number of carbonyl (C=O) groups excluding carboxylic acids is 1. The van der Waals surface area contributed by atoms with Crippen LogP contribution in [-0.4, -0.2) is 11.4 Å². The van der Waals surface area contributed by atoms with Gasteiger partial charge in [0.15, 0.2) is 0 Å². The number of benzene rings is 1. The fourth-order valence-corrected chi connectivity index (χ4v) is 2.83. The molecule has 2 nitrogen and oxygen atoms in total. The van der Waals surface area contributed by atoms with Gasteiger partial charge in [0, 0.05) is 5.56 Å². The van der Waals surface area contributed by atoms with E-state index in [4.69, 9.17) is 0 Å². The van der Waals surface area contributed by atoms with Crippen molar-refractivity contribution in [2.75, 3.05) is 0 Å². The molecule has 0 aromatic heterocycles. The highest BCUT2D eigenvalue weighted by molar-refractivity contribution is 5.75. The van der Waals surface area contributed by atoms with Crippen LogP contribution in [0.15, 0.2) is 24.3 Å². The van der Waals surface area contributed by atoms with Crippen molar-refractivity contribution in [2.45, 2.75) is 44.6 Å². The summed E-state index contributed by atoms with van der Waals surface area (Å²) in [6, 6.07) is 7.34. The fraction of sp³-hybridized carbons (Fsp3) is 0.533. The Hall–Kier alpha value is -1.15. The van der Waals surface area contributed by atoms with Crippen LogP contribution in [0, 0.1) is 5.92 Å². The fourth-order valence-electron chi connectivity index (χ4n) is 2.83. The summed E-state index contributed by atoms with van der Waals surface area (Å²) < 4.78 is 0. The molecule has 0 aliphatic heterocycles. The Morgan fingerprint density at radius 3 is 2.65 bits per heavy atom. The third kappa shape index (κ3) is 2.58. The summed E-state index contributed by atoms with van der Waals surface area (Å²) in [7, 11) is 0. The monoisotopic (exact) mass is 232 g/mol. The van der Waals surface area contributed by atoms with Gasteiger partial charge < -0.3 is 5.11 Å². The average Bonchev–Trinajstić information content (AvgIpc) is 2.40. The SMILES string of the molecule is CC(O)(c1cccc(C=O)c1)C1CCCCC1. The predicted octanol–water partition coefficient (Wildman–Crippen LogP) is 3.29. The Balaban J connectivity index is 2.25. The molecular weight excluding hydrogens is 212 g/mol. The third-order valence-electron chi connectivity index (χ3n) is 4.01. The molecule has 2 heteroatoms. The van der Waals surface area contributed by atoms with Gasteiger partial charge in [-0.1, -0.05) is 37.5 Å².